The Kier molecular flexibility index (Phi) is 6.96. The average Bonchev–Trinajstić information content (AvgIpc) is 2.00. The van der Waals surface area contributed by atoms with Crippen molar-refractivity contribution in [1.29, 1.82) is 0 Å². The number of rotatable bonds is 6. The Morgan fingerprint density at radius 3 is 1.43 bits per heavy atom. The quantitative estimate of drug-likeness (QED) is 0.675. The normalized spacial score (nSPS) is 16.0. The zero-order valence-corrected chi connectivity index (χ0v) is 11.3. The Morgan fingerprint density at radius 1 is 0.929 bits per heavy atom. The summed E-state index contributed by atoms with van der Waals surface area (Å²) >= 11 is 8.66. The third-order valence-corrected chi connectivity index (χ3v) is 2.98. The van der Waals surface area contributed by atoms with Crippen molar-refractivity contribution >= 4 is 31.0 Å². The van der Waals surface area contributed by atoms with Gasteiger partial charge in [-0.05, 0) is 24.7 Å². The molecule has 0 saturated heterocycles. The van der Waals surface area contributed by atoms with Crippen molar-refractivity contribution < 1.29 is 4.79 Å². The van der Waals surface area contributed by atoms with Crippen molar-refractivity contribution in [2.24, 2.45) is 11.8 Å². The average molecular weight is 234 g/mol. The van der Waals surface area contributed by atoms with E-state index in [4.69, 9.17) is 0 Å². The van der Waals surface area contributed by atoms with Crippen molar-refractivity contribution in [1.82, 2.24) is 0 Å². The Labute approximate surface area is 98.9 Å². The van der Waals surface area contributed by atoms with Crippen LogP contribution in [0.15, 0.2) is 0 Å². The van der Waals surface area contributed by atoms with E-state index >= 15 is 0 Å². The molecule has 0 aliphatic rings. The molecular formula is C11H22OS2. The largest absolute Gasteiger partial charge is 0.297 e. The molecule has 0 aromatic heterocycles. The second kappa shape index (κ2) is 6.78. The van der Waals surface area contributed by atoms with Gasteiger partial charge in [0.15, 0.2) is 5.78 Å². The molecule has 0 aromatic rings. The minimum atomic E-state index is -0.142. The molecule has 0 radical (unpaired) electrons. The first kappa shape index (κ1) is 14.4. The van der Waals surface area contributed by atoms with E-state index in [1.54, 1.807) is 0 Å². The minimum absolute atomic E-state index is 0.142. The zero-order valence-electron chi connectivity index (χ0n) is 9.53. The predicted molar refractivity (Wildman–Crippen MR) is 69.5 cm³/mol. The van der Waals surface area contributed by atoms with Crippen LogP contribution in [0.25, 0.3) is 0 Å². The van der Waals surface area contributed by atoms with Crippen LogP contribution in [0.3, 0.4) is 0 Å². The van der Waals surface area contributed by atoms with E-state index in [0.29, 0.717) is 11.8 Å². The van der Waals surface area contributed by atoms with Crippen molar-refractivity contribution in [2.45, 2.75) is 51.0 Å². The van der Waals surface area contributed by atoms with Crippen LogP contribution in [0.1, 0.15) is 40.5 Å². The van der Waals surface area contributed by atoms with Crippen LogP contribution in [0.5, 0.6) is 0 Å². The molecule has 0 saturated carbocycles. The topological polar surface area (TPSA) is 17.1 Å². The highest BCUT2D eigenvalue weighted by molar-refractivity contribution is 7.83. The maximum atomic E-state index is 11.8. The molecule has 0 N–H and O–H groups in total. The monoisotopic (exact) mass is 234 g/mol. The molecule has 0 bridgehead atoms. The number of hydrogen-bond donors (Lipinski definition) is 2. The Balaban J connectivity index is 4.04. The highest BCUT2D eigenvalue weighted by Gasteiger charge is 2.22. The van der Waals surface area contributed by atoms with E-state index in [9.17, 15) is 4.79 Å². The molecule has 0 spiro atoms. The molecule has 0 aliphatic heterocycles. The third-order valence-electron chi connectivity index (χ3n) is 2.05. The number of ketones is 1. The smallest absolute Gasteiger partial charge is 0.158 e. The van der Waals surface area contributed by atoms with Crippen LogP contribution in [0.2, 0.25) is 0 Å². The van der Waals surface area contributed by atoms with Crippen LogP contribution in [0.4, 0.5) is 0 Å². The Bertz CT molecular complexity index is 160. The van der Waals surface area contributed by atoms with E-state index in [1.165, 1.54) is 0 Å². The zero-order chi connectivity index (χ0) is 11.3. The summed E-state index contributed by atoms with van der Waals surface area (Å²) in [5, 5.41) is -0.285. The van der Waals surface area contributed by atoms with Crippen molar-refractivity contribution in [2.75, 3.05) is 0 Å². The maximum Gasteiger partial charge on any atom is 0.158 e. The lowest BCUT2D eigenvalue weighted by Crippen LogP contribution is -2.27. The number of thiol groups is 2. The van der Waals surface area contributed by atoms with E-state index in [2.05, 4.69) is 53.0 Å². The highest BCUT2D eigenvalue weighted by Crippen LogP contribution is 2.19. The number of carbonyl (C=O) groups excluding carboxylic acids is 1. The minimum Gasteiger partial charge on any atom is -0.297 e. The lowest BCUT2D eigenvalue weighted by atomic mass is 9.99. The SMILES string of the molecule is CC(C)CC(S)C(=O)C(S)CC(C)C. The molecule has 14 heavy (non-hydrogen) atoms. The van der Waals surface area contributed by atoms with Crippen molar-refractivity contribution in [3.05, 3.63) is 0 Å². The Hall–Kier alpha value is 0.370. The first-order chi connectivity index (χ1) is 6.34. The van der Waals surface area contributed by atoms with Gasteiger partial charge >= 0.3 is 0 Å². The first-order valence-electron chi connectivity index (χ1n) is 5.24. The number of Topliss-reactive ketones (excluding diaryl/α,β-unsaturated/α-hetero) is 1. The fraction of sp³-hybridized carbons (Fsp3) is 0.909. The van der Waals surface area contributed by atoms with Crippen LogP contribution < -0.4 is 0 Å². The molecule has 1 nitrogen and oxygen atoms in total. The highest BCUT2D eigenvalue weighted by atomic mass is 32.1. The van der Waals surface area contributed by atoms with Crippen LogP contribution in [-0.2, 0) is 4.79 Å². The summed E-state index contributed by atoms with van der Waals surface area (Å²) in [4.78, 5) is 11.8. The van der Waals surface area contributed by atoms with Gasteiger partial charge in [0, 0.05) is 0 Å². The van der Waals surface area contributed by atoms with Gasteiger partial charge in [-0.1, -0.05) is 27.7 Å². The summed E-state index contributed by atoms with van der Waals surface area (Å²) in [7, 11) is 0. The standard InChI is InChI=1S/C11H22OS2/c1-7(2)5-9(13)11(12)10(14)6-8(3)4/h7-10,13-14H,5-6H2,1-4H3. The molecule has 0 aromatic carbocycles. The third kappa shape index (κ3) is 5.97. The first-order valence-corrected chi connectivity index (χ1v) is 6.27. The summed E-state index contributed by atoms with van der Waals surface area (Å²) in [6.45, 7) is 8.41. The summed E-state index contributed by atoms with van der Waals surface area (Å²) in [6.07, 6.45) is 1.69. The van der Waals surface area contributed by atoms with Gasteiger partial charge in [0.25, 0.3) is 0 Å². The van der Waals surface area contributed by atoms with Gasteiger partial charge in [-0.3, -0.25) is 4.79 Å². The molecule has 0 amide bonds. The van der Waals surface area contributed by atoms with Gasteiger partial charge < -0.3 is 0 Å². The summed E-state index contributed by atoms with van der Waals surface area (Å²) < 4.78 is 0. The molecule has 84 valence electrons. The second-order valence-corrected chi connectivity index (χ2v) is 5.94. The van der Waals surface area contributed by atoms with Gasteiger partial charge in [-0.25, -0.2) is 0 Å². The lowest BCUT2D eigenvalue weighted by molar-refractivity contribution is -0.118. The van der Waals surface area contributed by atoms with E-state index < -0.39 is 0 Å². The van der Waals surface area contributed by atoms with Crippen LogP contribution >= 0.6 is 25.3 Å². The van der Waals surface area contributed by atoms with Gasteiger partial charge in [0.05, 0.1) is 10.5 Å². The fourth-order valence-electron chi connectivity index (χ4n) is 1.35. The van der Waals surface area contributed by atoms with Crippen LogP contribution in [-0.4, -0.2) is 16.3 Å². The van der Waals surface area contributed by atoms with Gasteiger partial charge in [0.2, 0.25) is 0 Å². The van der Waals surface area contributed by atoms with E-state index in [-0.39, 0.29) is 16.3 Å². The molecule has 0 heterocycles. The molecular weight excluding hydrogens is 212 g/mol. The molecule has 3 heteroatoms. The summed E-state index contributed by atoms with van der Waals surface area (Å²) in [5.41, 5.74) is 0. The number of carbonyl (C=O) groups is 1. The molecule has 0 aliphatic carbocycles. The van der Waals surface area contributed by atoms with Crippen LogP contribution in [0, 0.1) is 11.8 Å². The second-order valence-electron chi connectivity index (χ2n) is 4.69. The predicted octanol–water partition coefficient (Wildman–Crippen LogP) is 3.24. The molecule has 0 rings (SSSR count). The molecule has 2 unspecified atom stereocenters. The fourth-order valence-corrected chi connectivity index (χ4v) is 2.67. The molecule has 0 fully saturated rings. The summed E-state index contributed by atoms with van der Waals surface area (Å²) in [6, 6.07) is 0. The van der Waals surface area contributed by atoms with Gasteiger partial charge in [-0.2, -0.15) is 25.3 Å². The van der Waals surface area contributed by atoms with Gasteiger partial charge in [0.1, 0.15) is 0 Å². The maximum absolute atomic E-state index is 11.8. The van der Waals surface area contributed by atoms with Crippen molar-refractivity contribution in [3.8, 4) is 0 Å². The Morgan fingerprint density at radius 2 is 1.21 bits per heavy atom. The van der Waals surface area contributed by atoms with Gasteiger partial charge in [-0.15, -0.1) is 0 Å². The summed E-state index contributed by atoms with van der Waals surface area (Å²) in [5.74, 6) is 1.21. The van der Waals surface area contributed by atoms with E-state index in [1.807, 2.05) is 0 Å². The lowest BCUT2D eigenvalue weighted by Gasteiger charge is -2.17. The van der Waals surface area contributed by atoms with Crippen molar-refractivity contribution in [3.63, 3.8) is 0 Å². The molecule has 2 atom stereocenters. The van der Waals surface area contributed by atoms with E-state index in [0.717, 1.165) is 12.8 Å². The number of hydrogen-bond acceptors (Lipinski definition) is 3.